The molecule has 0 bridgehead atoms. The lowest BCUT2D eigenvalue weighted by atomic mass is 10.0. The van der Waals surface area contributed by atoms with E-state index in [4.69, 9.17) is 17.3 Å². The van der Waals surface area contributed by atoms with Crippen molar-refractivity contribution < 1.29 is 8.78 Å². The Balaban J connectivity index is 2.66. The van der Waals surface area contributed by atoms with Crippen molar-refractivity contribution in [3.8, 4) is 11.1 Å². The molecule has 0 spiro atoms. The molecule has 0 amide bonds. The molecular formula is C12H8ClF2N. The van der Waals surface area contributed by atoms with Crippen LogP contribution in [0.4, 0.5) is 14.5 Å². The summed E-state index contributed by atoms with van der Waals surface area (Å²) >= 11 is 5.91. The van der Waals surface area contributed by atoms with Crippen LogP contribution in [0.2, 0.25) is 5.02 Å². The molecule has 0 saturated carbocycles. The normalized spacial score (nSPS) is 10.4. The topological polar surface area (TPSA) is 26.0 Å². The zero-order valence-electron chi connectivity index (χ0n) is 8.18. The van der Waals surface area contributed by atoms with Crippen molar-refractivity contribution in [2.75, 3.05) is 5.73 Å². The van der Waals surface area contributed by atoms with E-state index < -0.39 is 11.6 Å². The Hall–Kier alpha value is -1.61. The molecule has 2 rings (SSSR count). The molecule has 16 heavy (non-hydrogen) atoms. The number of hydrogen-bond acceptors (Lipinski definition) is 1. The van der Waals surface area contributed by atoms with Crippen molar-refractivity contribution in [3.63, 3.8) is 0 Å². The summed E-state index contributed by atoms with van der Waals surface area (Å²) in [6.45, 7) is 0. The lowest BCUT2D eigenvalue weighted by Gasteiger charge is -2.08. The summed E-state index contributed by atoms with van der Waals surface area (Å²) < 4.78 is 26.1. The van der Waals surface area contributed by atoms with Gasteiger partial charge < -0.3 is 5.73 Å². The molecule has 2 aromatic carbocycles. The maximum absolute atomic E-state index is 13.1. The molecule has 82 valence electrons. The lowest BCUT2D eigenvalue weighted by molar-refractivity contribution is 0.626. The Morgan fingerprint density at radius 1 is 0.875 bits per heavy atom. The van der Waals surface area contributed by atoms with Gasteiger partial charge in [-0.05, 0) is 36.4 Å². The van der Waals surface area contributed by atoms with Gasteiger partial charge in [-0.3, -0.25) is 0 Å². The van der Waals surface area contributed by atoms with Crippen molar-refractivity contribution in [2.45, 2.75) is 0 Å². The molecule has 0 heterocycles. The van der Waals surface area contributed by atoms with E-state index in [-0.39, 0.29) is 0 Å². The summed E-state index contributed by atoms with van der Waals surface area (Å²) in [5, 5.41) is 0.332. The first-order valence-electron chi connectivity index (χ1n) is 4.58. The van der Waals surface area contributed by atoms with Gasteiger partial charge in [-0.2, -0.15) is 0 Å². The number of nitrogens with two attached hydrogens (primary N) is 1. The van der Waals surface area contributed by atoms with Crippen molar-refractivity contribution in [3.05, 3.63) is 53.1 Å². The van der Waals surface area contributed by atoms with E-state index >= 15 is 0 Å². The van der Waals surface area contributed by atoms with Crippen molar-refractivity contribution in [2.24, 2.45) is 0 Å². The first-order chi connectivity index (χ1) is 7.58. The molecule has 0 unspecified atom stereocenters. The maximum atomic E-state index is 13.1. The Morgan fingerprint density at radius 2 is 1.44 bits per heavy atom. The molecule has 0 aliphatic carbocycles. The SMILES string of the molecule is Nc1ccc(F)cc1-c1cc(F)ccc1Cl. The Morgan fingerprint density at radius 3 is 2.12 bits per heavy atom. The second-order valence-electron chi connectivity index (χ2n) is 3.36. The molecule has 0 aromatic heterocycles. The standard InChI is InChI=1S/C12H8ClF2N/c13-11-3-1-7(14)5-9(11)10-6-8(15)2-4-12(10)16/h1-6H,16H2. The summed E-state index contributed by atoms with van der Waals surface area (Å²) in [5.74, 6) is -0.882. The number of benzene rings is 2. The molecule has 0 fully saturated rings. The summed E-state index contributed by atoms with van der Waals surface area (Å²) in [4.78, 5) is 0. The molecule has 0 aliphatic heterocycles. The van der Waals surface area contributed by atoms with Gasteiger partial charge in [-0.15, -0.1) is 0 Å². The third-order valence-corrected chi connectivity index (χ3v) is 2.56. The van der Waals surface area contributed by atoms with E-state index in [1.165, 1.54) is 36.4 Å². The fourth-order valence-corrected chi connectivity index (χ4v) is 1.69. The van der Waals surface area contributed by atoms with Crippen LogP contribution < -0.4 is 5.73 Å². The minimum atomic E-state index is -0.442. The lowest BCUT2D eigenvalue weighted by Crippen LogP contribution is -1.92. The van der Waals surface area contributed by atoms with Crippen LogP contribution in [0.1, 0.15) is 0 Å². The third-order valence-electron chi connectivity index (χ3n) is 2.23. The molecule has 2 aromatic rings. The highest BCUT2D eigenvalue weighted by atomic mass is 35.5. The number of hydrogen-bond donors (Lipinski definition) is 1. The zero-order valence-corrected chi connectivity index (χ0v) is 8.93. The monoisotopic (exact) mass is 239 g/mol. The van der Waals surface area contributed by atoms with Gasteiger partial charge in [0.05, 0.1) is 0 Å². The van der Waals surface area contributed by atoms with Crippen LogP contribution in [0.25, 0.3) is 11.1 Å². The van der Waals surface area contributed by atoms with Crippen molar-refractivity contribution in [1.82, 2.24) is 0 Å². The van der Waals surface area contributed by atoms with E-state index in [0.29, 0.717) is 21.8 Å². The summed E-state index contributed by atoms with van der Waals surface area (Å²) in [5.41, 5.74) is 6.83. The summed E-state index contributed by atoms with van der Waals surface area (Å²) in [6, 6.07) is 7.78. The molecule has 0 saturated heterocycles. The van der Waals surface area contributed by atoms with E-state index in [9.17, 15) is 8.78 Å². The van der Waals surface area contributed by atoms with Crippen molar-refractivity contribution >= 4 is 17.3 Å². The largest absolute Gasteiger partial charge is 0.398 e. The second-order valence-corrected chi connectivity index (χ2v) is 3.76. The fraction of sp³-hybridized carbons (Fsp3) is 0. The zero-order chi connectivity index (χ0) is 11.7. The van der Waals surface area contributed by atoms with Gasteiger partial charge in [-0.1, -0.05) is 11.6 Å². The molecule has 1 nitrogen and oxygen atoms in total. The van der Waals surface area contributed by atoms with Gasteiger partial charge in [0, 0.05) is 21.8 Å². The predicted molar refractivity (Wildman–Crippen MR) is 61.2 cm³/mol. The highest BCUT2D eigenvalue weighted by Gasteiger charge is 2.09. The average molecular weight is 240 g/mol. The van der Waals surface area contributed by atoms with Crippen LogP contribution >= 0.6 is 11.6 Å². The van der Waals surface area contributed by atoms with Crippen LogP contribution in [0.5, 0.6) is 0 Å². The molecule has 0 atom stereocenters. The molecule has 4 heteroatoms. The van der Waals surface area contributed by atoms with Crippen LogP contribution in [0.3, 0.4) is 0 Å². The molecule has 0 radical (unpaired) electrons. The summed E-state index contributed by atoms with van der Waals surface area (Å²) in [6.07, 6.45) is 0. The Labute approximate surface area is 96.5 Å². The number of halogens is 3. The molecular weight excluding hydrogens is 232 g/mol. The Bertz CT molecular complexity index is 491. The van der Waals surface area contributed by atoms with Crippen molar-refractivity contribution in [1.29, 1.82) is 0 Å². The van der Waals surface area contributed by atoms with E-state index in [0.717, 1.165) is 0 Å². The van der Waals surface area contributed by atoms with Gasteiger partial charge in [0.15, 0.2) is 0 Å². The fourth-order valence-electron chi connectivity index (χ4n) is 1.47. The van der Waals surface area contributed by atoms with Crippen LogP contribution in [-0.2, 0) is 0 Å². The smallest absolute Gasteiger partial charge is 0.123 e. The van der Waals surface area contributed by atoms with Gasteiger partial charge in [-0.25, -0.2) is 8.78 Å². The quantitative estimate of drug-likeness (QED) is 0.751. The van der Waals surface area contributed by atoms with E-state index in [1.54, 1.807) is 0 Å². The van der Waals surface area contributed by atoms with Gasteiger partial charge in [0.1, 0.15) is 11.6 Å². The second kappa shape index (κ2) is 4.10. The highest BCUT2D eigenvalue weighted by molar-refractivity contribution is 6.33. The number of rotatable bonds is 1. The first-order valence-corrected chi connectivity index (χ1v) is 4.96. The highest BCUT2D eigenvalue weighted by Crippen LogP contribution is 2.32. The van der Waals surface area contributed by atoms with Gasteiger partial charge >= 0.3 is 0 Å². The average Bonchev–Trinajstić information content (AvgIpc) is 2.25. The minimum absolute atomic E-state index is 0.332. The number of anilines is 1. The van der Waals surface area contributed by atoms with E-state index in [2.05, 4.69) is 0 Å². The minimum Gasteiger partial charge on any atom is -0.398 e. The Kier molecular flexibility index (Phi) is 2.79. The first kappa shape index (κ1) is 10.9. The maximum Gasteiger partial charge on any atom is 0.123 e. The van der Waals surface area contributed by atoms with Gasteiger partial charge in [0.2, 0.25) is 0 Å². The van der Waals surface area contributed by atoms with Crippen LogP contribution in [0, 0.1) is 11.6 Å². The summed E-state index contributed by atoms with van der Waals surface area (Å²) in [7, 11) is 0. The molecule has 2 N–H and O–H groups in total. The third kappa shape index (κ3) is 1.99. The predicted octanol–water partition coefficient (Wildman–Crippen LogP) is 3.87. The van der Waals surface area contributed by atoms with E-state index in [1.807, 2.05) is 0 Å². The number of nitrogen functional groups attached to an aromatic ring is 1. The van der Waals surface area contributed by atoms with Crippen LogP contribution in [0.15, 0.2) is 36.4 Å². The van der Waals surface area contributed by atoms with Gasteiger partial charge in [0.25, 0.3) is 0 Å². The molecule has 0 aliphatic rings. The van der Waals surface area contributed by atoms with Crippen LogP contribution in [-0.4, -0.2) is 0 Å².